The fourth-order valence-electron chi connectivity index (χ4n) is 6.97. The maximum absolute atomic E-state index is 14.0. The first-order valence-electron chi connectivity index (χ1n) is 16.6. The van der Waals surface area contributed by atoms with E-state index < -0.39 is 0 Å². The number of anilines is 1. The molecular weight excluding hydrogens is 561 g/mol. The standard InChI is InChI=1S/C38H44FN5O/c39-36-7-2-1-6-33(36)28-43-19-16-29(17-20-43)9-15-38(45)31-10-12-34(13-11-31)44-23-21-42(22-24-44)18-4-3-5-32-27-41-37-14-8-30(26-40)25-35(32)37/h1-2,6-8,10-14,25,27,29,41H,3-5,9,15-24,28H2. The van der Waals surface area contributed by atoms with Crippen molar-refractivity contribution in [1.82, 2.24) is 14.8 Å². The second-order valence-electron chi connectivity index (χ2n) is 12.8. The van der Waals surface area contributed by atoms with Crippen molar-refractivity contribution in [3.63, 3.8) is 0 Å². The van der Waals surface area contributed by atoms with Crippen molar-refractivity contribution in [2.75, 3.05) is 50.7 Å². The summed E-state index contributed by atoms with van der Waals surface area (Å²) in [6.45, 7) is 7.81. The molecule has 45 heavy (non-hydrogen) atoms. The van der Waals surface area contributed by atoms with E-state index in [2.05, 4.69) is 44.1 Å². The summed E-state index contributed by atoms with van der Waals surface area (Å²) < 4.78 is 14.0. The molecule has 0 atom stereocenters. The number of fused-ring (bicyclic) bond motifs is 1. The normalized spacial score (nSPS) is 16.7. The smallest absolute Gasteiger partial charge is 0.162 e. The molecule has 0 unspecified atom stereocenters. The molecule has 0 spiro atoms. The van der Waals surface area contributed by atoms with E-state index in [-0.39, 0.29) is 11.6 Å². The van der Waals surface area contributed by atoms with Crippen LogP contribution < -0.4 is 4.90 Å². The number of unbranched alkanes of at least 4 members (excludes halogenated alkanes) is 1. The SMILES string of the molecule is N#Cc1ccc2[nH]cc(CCCCN3CCN(c4ccc(C(=O)CCC5CCN(Cc6ccccc6F)CC5)cc4)CC3)c2c1. The van der Waals surface area contributed by atoms with Crippen molar-refractivity contribution in [1.29, 1.82) is 5.26 Å². The Kier molecular flexibility index (Phi) is 10.2. The van der Waals surface area contributed by atoms with Gasteiger partial charge in [-0.05, 0) is 118 Å². The van der Waals surface area contributed by atoms with E-state index in [1.165, 1.54) is 22.7 Å². The molecule has 2 saturated heterocycles. The monoisotopic (exact) mass is 605 g/mol. The molecule has 0 radical (unpaired) electrons. The largest absolute Gasteiger partial charge is 0.369 e. The number of aryl methyl sites for hydroxylation is 1. The molecule has 0 aliphatic carbocycles. The van der Waals surface area contributed by atoms with Crippen LogP contribution in [0.25, 0.3) is 10.9 Å². The molecule has 1 aromatic heterocycles. The molecule has 3 heterocycles. The third kappa shape index (κ3) is 8.00. The van der Waals surface area contributed by atoms with Crippen LogP contribution in [0.15, 0.2) is 72.9 Å². The highest BCUT2D eigenvalue weighted by atomic mass is 19.1. The van der Waals surface area contributed by atoms with Crippen LogP contribution in [0.4, 0.5) is 10.1 Å². The first kappa shape index (κ1) is 31.0. The third-order valence-electron chi connectivity index (χ3n) is 9.83. The van der Waals surface area contributed by atoms with Crippen molar-refractivity contribution in [2.45, 2.75) is 51.5 Å². The Bertz CT molecular complexity index is 1610. The minimum Gasteiger partial charge on any atom is -0.369 e. The molecule has 0 bridgehead atoms. The number of nitrogens with zero attached hydrogens (tertiary/aromatic N) is 4. The zero-order valence-electron chi connectivity index (χ0n) is 26.2. The van der Waals surface area contributed by atoms with Crippen molar-refractivity contribution < 1.29 is 9.18 Å². The van der Waals surface area contributed by atoms with E-state index in [1.54, 1.807) is 6.07 Å². The summed E-state index contributed by atoms with van der Waals surface area (Å²) in [5, 5.41) is 10.4. The number of aromatic amines is 1. The van der Waals surface area contributed by atoms with Gasteiger partial charge in [0.15, 0.2) is 5.78 Å². The van der Waals surface area contributed by atoms with Crippen LogP contribution >= 0.6 is 0 Å². The van der Waals surface area contributed by atoms with Gasteiger partial charge in [0.2, 0.25) is 0 Å². The highest BCUT2D eigenvalue weighted by Gasteiger charge is 2.22. The van der Waals surface area contributed by atoms with Crippen LogP contribution in [-0.2, 0) is 13.0 Å². The van der Waals surface area contributed by atoms with Crippen molar-refractivity contribution in [3.05, 3.63) is 101 Å². The first-order valence-corrected chi connectivity index (χ1v) is 16.6. The van der Waals surface area contributed by atoms with Crippen LogP contribution in [0.1, 0.15) is 65.6 Å². The number of aromatic nitrogens is 1. The van der Waals surface area contributed by atoms with Gasteiger partial charge in [0.1, 0.15) is 5.82 Å². The molecule has 234 valence electrons. The van der Waals surface area contributed by atoms with Crippen molar-refractivity contribution in [2.24, 2.45) is 5.92 Å². The summed E-state index contributed by atoms with van der Waals surface area (Å²) in [7, 11) is 0. The van der Waals surface area contributed by atoms with Gasteiger partial charge < -0.3 is 9.88 Å². The van der Waals surface area contributed by atoms with Gasteiger partial charge in [0.05, 0.1) is 11.6 Å². The number of H-pyrrole nitrogens is 1. The number of ketones is 1. The number of rotatable bonds is 12. The lowest BCUT2D eigenvalue weighted by Crippen LogP contribution is -2.46. The predicted molar refractivity (Wildman–Crippen MR) is 179 cm³/mol. The van der Waals surface area contributed by atoms with E-state index >= 15 is 0 Å². The lowest BCUT2D eigenvalue weighted by atomic mass is 9.90. The molecule has 0 amide bonds. The number of likely N-dealkylation sites (tertiary alicyclic amines) is 1. The maximum Gasteiger partial charge on any atom is 0.162 e. The molecule has 2 fully saturated rings. The molecule has 4 aromatic rings. The van der Waals surface area contributed by atoms with E-state index in [9.17, 15) is 14.4 Å². The third-order valence-corrected chi connectivity index (χ3v) is 9.83. The van der Waals surface area contributed by atoms with E-state index in [4.69, 9.17) is 0 Å². The lowest BCUT2D eigenvalue weighted by Gasteiger charge is -2.36. The molecule has 6 nitrogen and oxygen atoms in total. The fraction of sp³-hybridized carbons (Fsp3) is 0.421. The molecule has 7 heteroatoms. The number of hydrogen-bond acceptors (Lipinski definition) is 5. The van der Waals surface area contributed by atoms with Crippen LogP contribution in [-0.4, -0.2) is 66.4 Å². The van der Waals surface area contributed by atoms with Crippen LogP contribution in [0.3, 0.4) is 0 Å². The number of halogens is 1. The van der Waals surface area contributed by atoms with Gasteiger partial charge in [-0.15, -0.1) is 0 Å². The second-order valence-corrected chi connectivity index (χ2v) is 12.8. The Hall–Kier alpha value is -3.99. The molecule has 0 saturated carbocycles. The topological polar surface area (TPSA) is 66.4 Å². The fourth-order valence-corrected chi connectivity index (χ4v) is 6.97. The number of nitrogens with one attached hydrogen (secondary N) is 1. The molecule has 2 aliphatic heterocycles. The summed E-state index contributed by atoms with van der Waals surface area (Å²) in [5.74, 6) is 0.673. The van der Waals surface area contributed by atoms with E-state index in [0.29, 0.717) is 24.4 Å². The quantitative estimate of drug-likeness (QED) is 0.137. The van der Waals surface area contributed by atoms with Gasteiger partial charge in [0, 0.05) is 73.1 Å². The summed E-state index contributed by atoms with van der Waals surface area (Å²) in [5.41, 5.74) is 5.89. The zero-order chi connectivity index (χ0) is 31.0. The molecule has 3 aromatic carbocycles. The van der Waals surface area contributed by atoms with Crippen LogP contribution in [0.2, 0.25) is 0 Å². The zero-order valence-corrected chi connectivity index (χ0v) is 26.2. The Morgan fingerprint density at radius 2 is 1.67 bits per heavy atom. The van der Waals surface area contributed by atoms with Gasteiger partial charge in [-0.2, -0.15) is 5.26 Å². The van der Waals surface area contributed by atoms with Crippen molar-refractivity contribution in [3.8, 4) is 6.07 Å². The Morgan fingerprint density at radius 1 is 0.889 bits per heavy atom. The number of nitriles is 1. The van der Waals surface area contributed by atoms with Gasteiger partial charge in [0.25, 0.3) is 0 Å². The van der Waals surface area contributed by atoms with Gasteiger partial charge >= 0.3 is 0 Å². The Morgan fingerprint density at radius 3 is 2.42 bits per heavy atom. The van der Waals surface area contributed by atoms with Gasteiger partial charge in [-0.1, -0.05) is 18.2 Å². The molecule has 1 N–H and O–H groups in total. The number of piperazine rings is 1. The first-order chi connectivity index (χ1) is 22.1. The molecule has 2 aliphatic rings. The second kappa shape index (κ2) is 14.9. The minimum atomic E-state index is -0.124. The average molecular weight is 606 g/mol. The van der Waals surface area contributed by atoms with Crippen LogP contribution in [0.5, 0.6) is 0 Å². The van der Waals surface area contributed by atoms with Crippen molar-refractivity contribution >= 4 is 22.4 Å². The summed E-state index contributed by atoms with van der Waals surface area (Å²) in [6, 6.07) is 23.4. The minimum absolute atomic E-state index is 0.124. The number of benzene rings is 3. The number of hydrogen-bond donors (Lipinski definition) is 1. The van der Waals surface area contributed by atoms with Gasteiger partial charge in [-0.3, -0.25) is 14.6 Å². The Balaban J connectivity index is 0.875. The van der Waals surface area contributed by atoms with Crippen LogP contribution in [0, 0.1) is 23.1 Å². The maximum atomic E-state index is 14.0. The number of piperidine rings is 1. The molecular formula is C38H44FN5O. The molecule has 6 rings (SSSR count). The summed E-state index contributed by atoms with van der Waals surface area (Å²) in [4.78, 5) is 23.6. The van der Waals surface area contributed by atoms with Gasteiger partial charge in [-0.25, -0.2) is 4.39 Å². The Labute approximate surface area is 266 Å². The highest BCUT2D eigenvalue weighted by Crippen LogP contribution is 2.26. The number of carbonyl (C=O) groups excluding carboxylic acids is 1. The van der Waals surface area contributed by atoms with E-state index in [1.807, 2.05) is 42.5 Å². The lowest BCUT2D eigenvalue weighted by molar-refractivity contribution is 0.0961. The summed E-state index contributed by atoms with van der Waals surface area (Å²) in [6.07, 6.45) is 9.07. The highest BCUT2D eigenvalue weighted by molar-refractivity contribution is 5.96. The number of Topliss-reactive ketones (excluding diaryl/α,β-unsaturated/α-hetero) is 1. The predicted octanol–water partition coefficient (Wildman–Crippen LogP) is 7.20. The average Bonchev–Trinajstić information content (AvgIpc) is 3.49. The number of carbonyl (C=O) groups is 1. The van der Waals surface area contributed by atoms with E-state index in [0.717, 1.165) is 101 Å². The summed E-state index contributed by atoms with van der Waals surface area (Å²) >= 11 is 0.